The summed E-state index contributed by atoms with van der Waals surface area (Å²) in [5, 5.41) is 15.6. The van der Waals surface area contributed by atoms with E-state index in [9.17, 15) is 9.59 Å². The van der Waals surface area contributed by atoms with Crippen molar-refractivity contribution in [1.29, 1.82) is 0 Å². The number of hydrogen-bond acceptors (Lipinski definition) is 6. The Balaban J connectivity index is 1.71. The summed E-state index contributed by atoms with van der Waals surface area (Å²) in [4.78, 5) is 27.2. The van der Waals surface area contributed by atoms with Crippen molar-refractivity contribution in [3.05, 3.63) is 16.7 Å². The van der Waals surface area contributed by atoms with Gasteiger partial charge in [-0.15, -0.1) is 0 Å². The molecule has 8 nitrogen and oxygen atoms in total. The Labute approximate surface area is 114 Å². The van der Waals surface area contributed by atoms with E-state index in [-0.39, 0.29) is 30.4 Å². The van der Waals surface area contributed by atoms with Crippen molar-refractivity contribution in [3.63, 3.8) is 0 Å². The maximum atomic E-state index is 11.9. The molecule has 0 spiro atoms. The van der Waals surface area contributed by atoms with E-state index in [0.717, 1.165) is 17.5 Å². The second-order valence-electron chi connectivity index (χ2n) is 5.10. The van der Waals surface area contributed by atoms with Crippen LogP contribution in [0.1, 0.15) is 31.9 Å². The number of aliphatic hydroxyl groups is 1. The number of aromatic nitrogens is 3. The zero-order valence-corrected chi connectivity index (χ0v) is 10.9. The van der Waals surface area contributed by atoms with E-state index < -0.39 is 11.9 Å². The van der Waals surface area contributed by atoms with Gasteiger partial charge in [-0.1, -0.05) is 0 Å². The van der Waals surface area contributed by atoms with E-state index in [1.807, 2.05) is 0 Å². The minimum absolute atomic E-state index is 0.0442. The van der Waals surface area contributed by atoms with E-state index in [1.54, 1.807) is 0 Å². The first kappa shape index (κ1) is 13.2. The van der Waals surface area contributed by atoms with Crippen LogP contribution in [-0.4, -0.2) is 38.5 Å². The van der Waals surface area contributed by atoms with Gasteiger partial charge in [0.2, 0.25) is 5.91 Å². The van der Waals surface area contributed by atoms with Crippen molar-refractivity contribution >= 4 is 11.7 Å². The predicted octanol–water partition coefficient (Wildman–Crippen LogP) is -0.343. The molecule has 20 heavy (non-hydrogen) atoms. The Morgan fingerprint density at radius 3 is 2.85 bits per heavy atom. The standard InChI is InChI=1S/C12H16N4O4/c17-6-8-3-4-10(20-8)16-12(19)15-9(5-13-16)14-11(18)7-1-2-7/h5,7-8,10,17H,1-4,6H2,(H,14,15,18,19)/t8-,10+/m0/s1. The van der Waals surface area contributed by atoms with Crippen molar-refractivity contribution in [2.75, 3.05) is 11.9 Å². The first-order chi connectivity index (χ1) is 9.67. The lowest BCUT2D eigenvalue weighted by atomic mass is 10.2. The Morgan fingerprint density at radius 2 is 2.25 bits per heavy atom. The van der Waals surface area contributed by atoms with Crippen molar-refractivity contribution in [2.45, 2.75) is 38.0 Å². The summed E-state index contributed by atoms with van der Waals surface area (Å²) >= 11 is 0. The van der Waals surface area contributed by atoms with Crippen LogP contribution < -0.4 is 11.0 Å². The summed E-state index contributed by atoms with van der Waals surface area (Å²) in [6, 6.07) is 0. The van der Waals surface area contributed by atoms with Gasteiger partial charge in [-0.05, 0) is 25.7 Å². The van der Waals surface area contributed by atoms with Gasteiger partial charge in [-0.25, -0.2) is 4.79 Å². The van der Waals surface area contributed by atoms with Gasteiger partial charge in [-0.3, -0.25) is 4.79 Å². The van der Waals surface area contributed by atoms with Gasteiger partial charge in [0, 0.05) is 5.92 Å². The Morgan fingerprint density at radius 1 is 1.45 bits per heavy atom. The Bertz CT molecular complexity index is 569. The maximum Gasteiger partial charge on any atom is 0.368 e. The highest BCUT2D eigenvalue weighted by Gasteiger charge is 2.30. The van der Waals surface area contributed by atoms with E-state index in [2.05, 4.69) is 15.4 Å². The van der Waals surface area contributed by atoms with E-state index in [1.165, 1.54) is 6.20 Å². The SMILES string of the molecule is O=C(Nc1cnn([C@H]2CC[C@@H](CO)O2)c(=O)n1)C1CC1. The first-order valence-corrected chi connectivity index (χ1v) is 6.70. The first-order valence-electron chi connectivity index (χ1n) is 6.70. The normalized spacial score (nSPS) is 25.6. The zero-order valence-electron chi connectivity index (χ0n) is 10.9. The third kappa shape index (κ3) is 2.70. The summed E-state index contributed by atoms with van der Waals surface area (Å²) in [6.45, 7) is -0.0752. The van der Waals surface area contributed by atoms with Gasteiger partial charge in [-0.2, -0.15) is 14.8 Å². The molecule has 2 fully saturated rings. The molecule has 1 amide bonds. The molecule has 1 aromatic heterocycles. The molecule has 3 rings (SSSR count). The fourth-order valence-electron chi connectivity index (χ4n) is 2.18. The van der Waals surface area contributed by atoms with Crippen LogP contribution in [0.2, 0.25) is 0 Å². The smallest absolute Gasteiger partial charge is 0.368 e. The highest BCUT2D eigenvalue weighted by molar-refractivity contribution is 5.92. The van der Waals surface area contributed by atoms with Crippen LogP contribution in [0, 0.1) is 5.92 Å². The molecule has 108 valence electrons. The molecule has 1 aliphatic carbocycles. The fraction of sp³-hybridized carbons (Fsp3) is 0.667. The molecular weight excluding hydrogens is 264 g/mol. The minimum atomic E-state index is -0.567. The fourth-order valence-corrected chi connectivity index (χ4v) is 2.18. The van der Waals surface area contributed by atoms with Crippen molar-refractivity contribution in [1.82, 2.24) is 14.8 Å². The lowest BCUT2D eigenvalue weighted by molar-refractivity contribution is -0.117. The number of ether oxygens (including phenoxy) is 1. The number of hydrogen-bond donors (Lipinski definition) is 2. The summed E-state index contributed by atoms with van der Waals surface area (Å²) in [7, 11) is 0. The summed E-state index contributed by atoms with van der Waals surface area (Å²) in [5.74, 6) is 0.0940. The monoisotopic (exact) mass is 280 g/mol. The topological polar surface area (TPSA) is 106 Å². The Kier molecular flexibility index (Phi) is 3.49. The van der Waals surface area contributed by atoms with Gasteiger partial charge >= 0.3 is 5.69 Å². The molecule has 2 aliphatic rings. The number of carbonyl (C=O) groups excluding carboxylic acids is 1. The molecule has 2 heterocycles. The van der Waals surface area contributed by atoms with Crippen molar-refractivity contribution in [3.8, 4) is 0 Å². The van der Waals surface area contributed by atoms with Crippen LogP contribution in [-0.2, 0) is 9.53 Å². The van der Waals surface area contributed by atoms with Crippen LogP contribution in [0.4, 0.5) is 5.82 Å². The molecule has 0 unspecified atom stereocenters. The van der Waals surface area contributed by atoms with Crippen LogP contribution in [0.5, 0.6) is 0 Å². The molecular formula is C12H16N4O4. The maximum absolute atomic E-state index is 11.9. The third-order valence-electron chi connectivity index (χ3n) is 3.48. The number of rotatable bonds is 4. The van der Waals surface area contributed by atoms with E-state index in [4.69, 9.17) is 9.84 Å². The van der Waals surface area contributed by atoms with Crippen LogP contribution in [0.3, 0.4) is 0 Å². The lowest BCUT2D eigenvalue weighted by Crippen LogP contribution is -2.31. The molecule has 0 aromatic carbocycles. The third-order valence-corrected chi connectivity index (χ3v) is 3.48. The van der Waals surface area contributed by atoms with Crippen LogP contribution in [0.25, 0.3) is 0 Å². The number of aliphatic hydroxyl groups excluding tert-OH is 1. The second kappa shape index (κ2) is 5.29. The molecule has 8 heteroatoms. The quantitative estimate of drug-likeness (QED) is 0.781. The second-order valence-corrected chi connectivity index (χ2v) is 5.10. The number of anilines is 1. The summed E-state index contributed by atoms with van der Waals surface area (Å²) in [5.41, 5.74) is -0.567. The van der Waals surface area contributed by atoms with Gasteiger partial charge in [0.15, 0.2) is 12.0 Å². The van der Waals surface area contributed by atoms with E-state index in [0.29, 0.717) is 12.8 Å². The van der Waals surface area contributed by atoms with Crippen molar-refractivity contribution in [2.24, 2.45) is 5.92 Å². The van der Waals surface area contributed by atoms with Crippen LogP contribution >= 0.6 is 0 Å². The van der Waals surface area contributed by atoms with Gasteiger partial charge in [0.1, 0.15) is 0 Å². The summed E-state index contributed by atoms with van der Waals surface area (Å²) in [6.07, 6.45) is 3.63. The molecule has 1 aliphatic heterocycles. The molecule has 1 saturated heterocycles. The Hall–Kier alpha value is -1.80. The minimum Gasteiger partial charge on any atom is -0.394 e. The summed E-state index contributed by atoms with van der Waals surface area (Å²) < 4.78 is 6.61. The largest absolute Gasteiger partial charge is 0.394 e. The van der Waals surface area contributed by atoms with Gasteiger partial charge in [0.25, 0.3) is 0 Å². The number of amides is 1. The van der Waals surface area contributed by atoms with Crippen molar-refractivity contribution < 1.29 is 14.6 Å². The highest BCUT2D eigenvalue weighted by Crippen LogP contribution is 2.30. The zero-order chi connectivity index (χ0) is 14.1. The molecule has 2 N–H and O–H groups in total. The number of carbonyl (C=O) groups is 1. The number of nitrogens with zero attached hydrogens (tertiary/aromatic N) is 3. The molecule has 1 saturated carbocycles. The molecule has 0 bridgehead atoms. The molecule has 2 atom stereocenters. The van der Waals surface area contributed by atoms with Gasteiger partial charge in [0.05, 0.1) is 18.9 Å². The molecule has 1 aromatic rings. The van der Waals surface area contributed by atoms with Crippen LogP contribution in [0.15, 0.2) is 11.0 Å². The average Bonchev–Trinajstić information content (AvgIpc) is 3.18. The average molecular weight is 280 g/mol. The number of nitrogens with one attached hydrogen (secondary N) is 1. The lowest BCUT2D eigenvalue weighted by Gasteiger charge is -2.13. The van der Waals surface area contributed by atoms with Gasteiger partial charge < -0.3 is 15.2 Å². The predicted molar refractivity (Wildman–Crippen MR) is 67.9 cm³/mol. The highest BCUT2D eigenvalue weighted by atomic mass is 16.5. The molecule has 0 radical (unpaired) electrons. The van der Waals surface area contributed by atoms with E-state index >= 15 is 0 Å².